The van der Waals surface area contributed by atoms with E-state index >= 15 is 0 Å². The fraction of sp³-hybridized carbons (Fsp3) is 0.684. The number of carbonyl (C=O) groups is 1. The van der Waals surface area contributed by atoms with E-state index in [9.17, 15) is 9.90 Å². The summed E-state index contributed by atoms with van der Waals surface area (Å²) in [5.74, 6) is 1.09. The summed E-state index contributed by atoms with van der Waals surface area (Å²) in [7, 11) is 0. The second-order valence-corrected chi connectivity index (χ2v) is 7.38. The molecule has 2 aliphatic rings. The number of amides is 1. The minimum Gasteiger partial charge on any atom is -0.447 e. The summed E-state index contributed by atoms with van der Waals surface area (Å²) >= 11 is 0. The van der Waals surface area contributed by atoms with Crippen LogP contribution in [-0.4, -0.2) is 71.2 Å². The van der Waals surface area contributed by atoms with Crippen molar-refractivity contribution in [2.75, 3.05) is 39.3 Å². The molecule has 2 fully saturated rings. The second kappa shape index (κ2) is 9.30. The van der Waals surface area contributed by atoms with Gasteiger partial charge in [0.1, 0.15) is 6.26 Å². The SMILES string of the molecule is C=CCCC(O)CN1CCN(Cc2nc(C(=O)NCC3CC3)co2)CC1. The number of nitrogens with one attached hydrogen (secondary N) is 1. The maximum absolute atomic E-state index is 12.0. The third-order valence-electron chi connectivity index (χ3n) is 5.03. The Bertz CT molecular complexity index is 591. The van der Waals surface area contributed by atoms with Gasteiger partial charge in [-0.15, -0.1) is 6.58 Å². The highest BCUT2D eigenvalue weighted by molar-refractivity contribution is 5.91. The van der Waals surface area contributed by atoms with Gasteiger partial charge in [-0.3, -0.25) is 14.6 Å². The number of hydrogen-bond acceptors (Lipinski definition) is 6. The van der Waals surface area contributed by atoms with Gasteiger partial charge in [0.05, 0.1) is 12.6 Å². The number of allylic oxidation sites excluding steroid dienone is 1. The van der Waals surface area contributed by atoms with E-state index in [4.69, 9.17) is 4.42 Å². The molecule has 0 bridgehead atoms. The first-order valence-corrected chi connectivity index (χ1v) is 9.60. The molecule has 1 atom stereocenters. The number of hydrogen-bond donors (Lipinski definition) is 2. The lowest BCUT2D eigenvalue weighted by atomic mass is 10.1. The quantitative estimate of drug-likeness (QED) is 0.610. The van der Waals surface area contributed by atoms with Crippen LogP contribution in [0.5, 0.6) is 0 Å². The number of nitrogens with zero attached hydrogens (tertiary/aromatic N) is 3. The molecule has 2 N–H and O–H groups in total. The molecule has 144 valence electrons. The third kappa shape index (κ3) is 5.93. The van der Waals surface area contributed by atoms with E-state index < -0.39 is 0 Å². The topological polar surface area (TPSA) is 81.8 Å². The van der Waals surface area contributed by atoms with Crippen LogP contribution in [-0.2, 0) is 6.54 Å². The van der Waals surface area contributed by atoms with E-state index in [1.165, 1.54) is 19.1 Å². The van der Waals surface area contributed by atoms with Gasteiger partial charge in [0.15, 0.2) is 5.69 Å². The molecule has 7 nitrogen and oxygen atoms in total. The number of rotatable bonds is 10. The summed E-state index contributed by atoms with van der Waals surface area (Å²) in [5.41, 5.74) is 0.365. The van der Waals surface area contributed by atoms with Crippen molar-refractivity contribution in [2.24, 2.45) is 5.92 Å². The summed E-state index contributed by atoms with van der Waals surface area (Å²) in [6, 6.07) is 0. The Morgan fingerprint density at radius 2 is 2.12 bits per heavy atom. The molecule has 2 heterocycles. The van der Waals surface area contributed by atoms with E-state index in [0.29, 0.717) is 30.6 Å². The fourth-order valence-electron chi connectivity index (χ4n) is 3.16. The van der Waals surface area contributed by atoms with Gasteiger partial charge in [-0.05, 0) is 31.6 Å². The van der Waals surface area contributed by atoms with Crippen molar-refractivity contribution in [1.82, 2.24) is 20.1 Å². The molecule has 26 heavy (non-hydrogen) atoms. The molecule has 1 aliphatic heterocycles. The van der Waals surface area contributed by atoms with Crippen LogP contribution in [0.15, 0.2) is 23.3 Å². The molecule has 0 aromatic carbocycles. The van der Waals surface area contributed by atoms with Gasteiger partial charge >= 0.3 is 0 Å². The molecule has 3 rings (SSSR count). The Balaban J connectivity index is 1.37. The molecule has 7 heteroatoms. The molecule has 1 amide bonds. The monoisotopic (exact) mass is 362 g/mol. The van der Waals surface area contributed by atoms with Crippen LogP contribution in [0.1, 0.15) is 42.1 Å². The number of aliphatic hydroxyl groups is 1. The highest BCUT2D eigenvalue weighted by Crippen LogP contribution is 2.27. The maximum Gasteiger partial charge on any atom is 0.273 e. The Labute approximate surface area is 155 Å². The van der Waals surface area contributed by atoms with Crippen molar-refractivity contribution < 1.29 is 14.3 Å². The average Bonchev–Trinajstić information content (AvgIpc) is 3.36. The van der Waals surface area contributed by atoms with Gasteiger partial charge in [0.2, 0.25) is 5.89 Å². The number of β-amino-alcohol motifs (C(OH)–C–C–N with tert-alkyl or cyclic N) is 1. The van der Waals surface area contributed by atoms with Crippen molar-refractivity contribution in [3.8, 4) is 0 Å². The van der Waals surface area contributed by atoms with Gasteiger partial charge in [0, 0.05) is 39.3 Å². The molecule has 1 unspecified atom stereocenters. The van der Waals surface area contributed by atoms with Crippen LogP contribution in [0.4, 0.5) is 0 Å². The standard InChI is InChI=1S/C19H30N4O3/c1-2-3-4-16(24)12-22-7-9-23(10-8-22)13-18-21-17(14-26-18)19(25)20-11-15-5-6-15/h2,14-16,24H,1,3-13H2,(H,20,25). The lowest BCUT2D eigenvalue weighted by molar-refractivity contribution is 0.0642. The fourth-order valence-corrected chi connectivity index (χ4v) is 3.16. The number of oxazole rings is 1. The summed E-state index contributed by atoms with van der Waals surface area (Å²) in [6.45, 7) is 9.40. The lowest BCUT2D eigenvalue weighted by Gasteiger charge is -2.34. The van der Waals surface area contributed by atoms with E-state index in [1.54, 1.807) is 0 Å². The van der Waals surface area contributed by atoms with Gasteiger partial charge < -0.3 is 14.8 Å². The predicted octanol–water partition coefficient (Wildman–Crippen LogP) is 1.26. The van der Waals surface area contributed by atoms with Crippen molar-refractivity contribution in [3.05, 3.63) is 30.5 Å². The first-order chi connectivity index (χ1) is 12.6. The van der Waals surface area contributed by atoms with E-state index in [2.05, 4.69) is 26.7 Å². The van der Waals surface area contributed by atoms with E-state index in [1.807, 2.05) is 6.08 Å². The first-order valence-electron chi connectivity index (χ1n) is 9.60. The zero-order chi connectivity index (χ0) is 18.4. The number of carbonyl (C=O) groups excluding carboxylic acids is 1. The first kappa shape index (κ1) is 19.1. The smallest absolute Gasteiger partial charge is 0.273 e. The summed E-state index contributed by atoms with van der Waals surface area (Å²) in [6.07, 6.45) is 7.04. The van der Waals surface area contributed by atoms with Crippen molar-refractivity contribution in [3.63, 3.8) is 0 Å². The summed E-state index contributed by atoms with van der Waals surface area (Å²) in [5, 5.41) is 12.9. The third-order valence-corrected chi connectivity index (χ3v) is 5.03. The average molecular weight is 362 g/mol. The highest BCUT2D eigenvalue weighted by Gasteiger charge is 2.24. The molecular formula is C19H30N4O3. The number of aliphatic hydroxyl groups excluding tert-OH is 1. The van der Waals surface area contributed by atoms with E-state index in [0.717, 1.165) is 45.6 Å². The lowest BCUT2D eigenvalue weighted by Crippen LogP contribution is -2.48. The van der Waals surface area contributed by atoms with E-state index in [-0.39, 0.29) is 12.0 Å². The van der Waals surface area contributed by atoms with Gasteiger partial charge in [0.25, 0.3) is 5.91 Å². The molecule has 1 saturated heterocycles. The van der Waals surface area contributed by atoms with Crippen LogP contribution in [0.3, 0.4) is 0 Å². The minimum atomic E-state index is -0.289. The molecule has 1 aliphatic carbocycles. The Kier molecular flexibility index (Phi) is 6.82. The van der Waals surface area contributed by atoms with Crippen molar-refractivity contribution in [2.45, 2.75) is 38.3 Å². The molecular weight excluding hydrogens is 332 g/mol. The van der Waals surface area contributed by atoms with Crippen LogP contribution >= 0.6 is 0 Å². The molecule has 1 aromatic rings. The van der Waals surface area contributed by atoms with Gasteiger partial charge in [-0.25, -0.2) is 4.98 Å². The van der Waals surface area contributed by atoms with Crippen LogP contribution in [0.2, 0.25) is 0 Å². The molecule has 1 saturated carbocycles. The summed E-state index contributed by atoms with van der Waals surface area (Å²) in [4.78, 5) is 20.9. The zero-order valence-corrected chi connectivity index (χ0v) is 15.4. The largest absolute Gasteiger partial charge is 0.447 e. The van der Waals surface area contributed by atoms with Gasteiger partial charge in [-0.2, -0.15) is 0 Å². The van der Waals surface area contributed by atoms with Crippen molar-refractivity contribution in [1.29, 1.82) is 0 Å². The maximum atomic E-state index is 12.0. The molecule has 0 radical (unpaired) electrons. The number of aromatic nitrogens is 1. The zero-order valence-electron chi connectivity index (χ0n) is 15.4. The number of piperazine rings is 1. The Hall–Kier alpha value is -1.70. The predicted molar refractivity (Wildman–Crippen MR) is 98.7 cm³/mol. The van der Waals surface area contributed by atoms with Gasteiger partial charge in [-0.1, -0.05) is 6.08 Å². The molecule has 0 spiro atoms. The Morgan fingerprint density at radius 1 is 1.38 bits per heavy atom. The van der Waals surface area contributed by atoms with Crippen LogP contribution in [0, 0.1) is 5.92 Å². The second-order valence-electron chi connectivity index (χ2n) is 7.38. The minimum absolute atomic E-state index is 0.148. The van der Waals surface area contributed by atoms with Crippen LogP contribution < -0.4 is 5.32 Å². The normalized spacial score (nSPS) is 20.0. The van der Waals surface area contributed by atoms with Crippen LogP contribution in [0.25, 0.3) is 0 Å². The Morgan fingerprint density at radius 3 is 2.81 bits per heavy atom. The summed E-state index contributed by atoms with van der Waals surface area (Å²) < 4.78 is 5.47. The van der Waals surface area contributed by atoms with Crippen molar-refractivity contribution >= 4 is 5.91 Å². The highest BCUT2D eigenvalue weighted by atomic mass is 16.3. The molecule has 1 aromatic heterocycles.